The second-order valence-electron chi connectivity index (χ2n) is 11.4. The maximum absolute atomic E-state index is 16.2. The van der Waals surface area contributed by atoms with Crippen molar-refractivity contribution in [3.05, 3.63) is 71.1 Å². The molecule has 3 aliphatic rings. The third-order valence-electron chi connectivity index (χ3n) is 8.28. The minimum absolute atomic E-state index is 0.0335. The summed E-state index contributed by atoms with van der Waals surface area (Å²) < 4.78 is 44.6. The highest BCUT2D eigenvalue weighted by Gasteiger charge is 2.50. The lowest BCUT2D eigenvalue weighted by Crippen LogP contribution is -2.48. The lowest BCUT2D eigenvalue weighted by molar-refractivity contribution is 0.0337. The molecule has 5 heterocycles. The van der Waals surface area contributed by atoms with E-state index in [1.807, 2.05) is 18.7 Å². The Morgan fingerprint density at radius 2 is 2.05 bits per heavy atom. The number of nitrogens with one attached hydrogen (secondary N) is 1. The van der Waals surface area contributed by atoms with Crippen LogP contribution >= 0.6 is 0 Å². The molecule has 2 bridgehead atoms. The lowest BCUT2D eigenvalue weighted by Gasteiger charge is -2.35. The molecule has 7 rings (SSSR count). The van der Waals surface area contributed by atoms with E-state index in [0.29, 0.717) is 49.0 Å². The summed E-state index contributed by atoms with van der Waals surface area (Å²) in [4.78, 5) is 36.5. The molecule has 0 spiro atoms. The van der Waals surface area contributed by atoms with Gasteiger partial charge in [0.05, 0.1) is 30.0 Å². The number of pyridine rings is 1. The van der Waals surface area contributed by atoms with Crippen molar-refractivity contribution in [2.45, 2.75) is 38.3 Å². The van der Waals surface area contributed by atoms with Crippen molar-refractivity contribution < 1.29 is 18.3 Å². The zero-order chi connectivity index (χ0) is 30.5. The molecule has 44 heavy (non-hydrogen) atoms. The van der Waals surface area contributed by atoms with Crippen LogP contribution in [0.3, 0.4) is 0 Å². The first-order chi connectivity index (χ1) is 21.4. The molecular formula is C31H32F2N8O3. The highest BCUT2D eigenvalue weighted by molar-refractivity contribution is 5.92. The minimum Gasteiger partial charge on any atom is -0.474 e. The van der Waals surface area contributed by atoms with Crippen LogP contribution in [-0.2, 0) is 4.74 Å². The van der Waals surface area contributed by atoms with Crippen molar-refractivity contribution in [2.75, 3.05) is 49.8 Å². The number of rotatable bonds is 6. The molecule has 3 aromatic heterocycles. The molecule has 4 aromatic rings. The van der Waals surface area contributed by atoms with E-state index in [9.17, 15) is 4.79 Å². The summed E-state index contributed by atoms with van der Waals surface area (Å²) in [6.45, 7) is 10.1. The van der Waals surface area contributed by atoms with Crippen molar-refractivity contribution in [1.29, 1.82) is 0 Å². The van der Waals surface area contributed by atoms with Gasteiger partial charge in [-0.05, 0) is 30.5 Å². The average molecular weight is 603 g/mol. The molecule has 13 heteroatoms. The summed E-state index contributed by atoms with van der Waals surface area (Å²) in [5.74, 6) is -1.01. The predicted molar refractivity (Wildman–Crippen MR) is 161 cm³/mol. The highest BCUT2D eigenvalue weighted by Crippen LogP contribution is 2.42. The van der Waals surface area contributed by atoms with Crippen LogP contribution in [0.5, 0.6) is 5.88 Å². The van der Waals surface area contributed by atoms with E-state index < -0.39 is 17.3 Å². The molecule has 1 aliphatic carbocycles. The third kappa shape index (κ3) is 4.76. The van der Waals surface area contributed by atoms with Crippen molar-refractivity contribution in [2.24, 2.45) is 0 Å². The number of anilines is 2. The van der Waals surface area contributed by atoms with Gasteiger partial charge in [-0.15, -0.1) is 6.58 Å². The molecule has 2 atom stereocenters. The fourth-order valence-electron chi connectivity index (χ4n) is 6.20. The normalized spacial score (nSPS) is 19.3. The number of halogens is 2. The van der Waals surface area contributed by atoms with Crippen LogP contribution in [0.15, 0.2) is 48.0 Å². The van der Waals surface area contributed by atoms with Crippen molar-refractivity contribution in [3.8, 4) is 22.8 Å². The average Bonchev–Trinajstić information content (AvgIpc) is 3.81. The second-order valence-corrected chi connectivity index (χ2v) is 11.4. The van der Waals surface area contributed by atoms with E-state index in [1.165, 1.54) is 29.1 Å². The Balaban J connectivity index is 1.47. The van der Waals surface area contributed by atoms with Gasteiger partial charge in [0.15, 0.2) is 11.5 Å². The number of piperazine rings is 1. The first-order valence-corrected chi connectivity index (χ1v) is 14.7. The number of aromatic nitrogens is 5. The third-order valence-corrected chi connectivity index (χ3v) is 8.28. The van der Waals surface area contributed by atoms with Crippen LogP contribution < -0.4 is 20.6 Å². The molecule has 1 N–H and O–H groups in total. The monoisotopic (exact) mass is 602 g/mol. The van der Waals surface area contributed by atoms with Gasteiger partial charge in [0, 0.05) is 37.4 Å². The second kappa shape index (κ2) is 11.2. The number of benzene rings is 1. The smallest absolute Gasteiger partial charge is 0.356 e. The van der Waals surface area contributed by atoms with Gasteiger partial charge in [0.25, 0.3) is 0 Å². The molecule has 2 fully saturated rings. The Morgan fingerprint density at radius 3 is 2.86 bits per heavy atom. The van der Waals surface area contributed by atoms with E-state index in [0.717, 1.165) is 6.42 Å². The Kier molecular flexibility index (Phi) is 7.21. The van der Waals surface area contributed by atoms with Crippen LogP contribution in [0.25, 0.3) is 28.0 Å². The number of hydrogen-bond acceptors (Lipinski definition) is 10. The molecule has 11 nitrogen and oxygen atoms in total. The van der Waals surface area contributed by atoms with E-state index in [1.54, 1.807) is 12.1 Å². The molecule has 0 radical (unpaired) electrons. The van der Waals surface area contributed by atoms with Crippen LogP contribution in [0.2, 0.25) is 0 Å². The zero-order valence-corrected chi connectivity index (χ0v) is 24.5. The fourth-order valence-corrected chi connectivity index (χ4v) is 6.20. The van der Waals surface area contributed by atoms with Crippen molar-refractivity contribution >= 4 is 22.5 Å². The van der Waals surface area contributed by atoms with E-state index in [4.69, 9.17) is 14.5 Å². The first-order valence-electron chi connectivity index (χ1n) is 14.7. The van der Waals surface area contributed by atoms with Gasteiger partial charge in [-0.2, -0.15) is 9.97 Å². The summed E-state index contributed by atoms with van der Waals surface area (Å²) in [5, 5.41) is 3.45. The minimum atomic E-state index is -0.732. The molecule has 1 aromatic carbocycles. The van der Waals surface area contributed by atoms with E-state index in [-0.39, 0.29) is 59.6 Å². The van der Waals surface area contributed by atoms with Crippen LogP contribution in [0, 0.1) is 11.6 Å². The maximum atomic E-state index is 16.2. The number of ether oxygens (including phenoxy) is 2. The van der Waals surface area contributed by atoms with Crippen LogP contribution in [0.1, 0.15) is 31.9 Å². The molecular weight excluding hydrogens is 570 g/mol. The summed E-state index contributed by atoms with van der Waals surface area (Å²) in [6, 6.07) is 6.03. The van der Waals surface area contributed by atoms with Crippen LogP contribution in [0.4, 0.5) is 20.3 Å². The van der Waals surface area contributed by atoms with Gasteiger partial charge in [0.1, 0.15) is 36.0 Å². The SMILES string of the molecule is C=CCOCN1CCN(c2nc(=O)n3c4nc(c(F)cc24)-c2c(F)cccc2NCCOc2ncnc(C(C)C)c2-3)[C@@H]2C[C@@H]21. The number of nitrogens with zero attached hydrogens (tertiary/aromatic N) is 7. The Morgan fingerprint density at radius 1 is 1.18 bits per heavy atom. The molecule has 2 aliphatic heterocycles. The summed E-state index contributed by atoms with van der Waals surface area (Å²) in [6.07, 6.45) is 3.95. The first kappa shape index (κ1) is 28.3. The van der Waals surface area contributed by atoms with Gasteiger partial charge >= 0.3 is 5.69 Å². The van der Waals surface area contributed by atoms with Gasteiger partial charge < -0.3 is 19.7 Å². The van der Waals surface area contributed by atoms with E-state index in [2.05, 4.69) is 31.7 Å². The summed E-state index contributed by atoms with van der Waals surface area (Å²) in [7, 11) is 0. The number of hydrogen-bond donors (Lipinski definition) is 1. The largest absolute Gasteiger partial charge is 0.474 e. The molecule has 0 unspecified atom stereocenters. The van der Waals surface area contributed by atoms with Gasteiger partial charge in [-0.1, -0.05) is 26.0 Å². The Labute approximate surface area is 252 Å². The molecule has 1 saturated heterocycles. The topological polar surface area (TPSA) is 111 Å². The van der Waals surface area contributed by atoms with Gasteiger partial charge in [-0.3, -0.25) is 4.90 Å². The predicted octanol–water partition coefficient (Wildman–Crippen LogP) is 3.87. The quantitative estimate of drug-likeness (QED) is 0.258. The van der Waals surface area contributed by atoms with E-state index >= 15 is 8.78 Å². The highest BCUT2D eigenvalue weighted by atomic mass is 19.1. The Hall–Kier alpha value is -4.49. The van der Waals surface area contributed by atoms with Crippen molar-refractivity contribution in [3.63, 3.8) is 0 Å². The standard InChI is InChI=1S/C31H32F2N8O3/c1-4-11-43-16-39-9-10-40(23-14-22(23)39)28-18-13-20(33)26-24-19(32)6-5-7-21(24)34-8-12-44-30-27(25(17(2)3)35-15-36-30)41(29(18)37-26)31(42)38-28/h4-7,13,15,17,22-23,34H,1,8-12,14,16H2,2-3H3/t22-,23+/m0/s1. The zero-order valence-electron chi connectivity index (χ0n) is 24.5. The molecule has 228 valence electrons. The maximum Gasteiger partial charge on any atom is 0.356 e. The van der Waals surface area contributed by atoms with Crippen LogP contribution in [-0.4, -0.2) is 81.1 Å². The van der Waals surface area contributed by atoms with Crippen molar-refractivity contribution in [1.82, 2.24) is 29.4 Å². The Bertz CT molecular complexity index is 1830. The number of fused-ring (bicyclic) bond motifs is 6. The summed E-state index contributed by atoms with van der Waals surface area (Å²) >= 11 is 0. The van der Waals surface area contributed by atoms with Gasteiger partial charge in [-0.25, -0.2) is 28.1 Å². The fraction of sp³-hybridized carbons (Fsp3) is 0.387. The summed E-state index contributed by atoms with van der Waals surface area (Å²) in [5.41, 5.74) is 0.386. The molecule has 1 saturated carbocycles. The molecule has 0 amide bonds. The van der Waals surface area contributed by atoms with Gasteiger partial charge in [0.2, 0.25) is 5.88 Å². The lowest BCUT2D eigenvalue weighted by atomic mass is 10.1.